The highest BCUT2D eigenvalue weighted by molar-refractivity contribution is 7.09. The summed E-state index contributed by atoms with van der Waals surface area (Å²) in [6, 6.07) is 0. The number of rotatable bonds is 6. The largest absolute Gasteiger partial charge is 0.357 e. The Bertz CT molecular complexity index is 715. The van der Waals surface area contributed by atoms with Gasteiger partial charge in [0, 0.05) is 57.2 Å². The monoisotopic (exact) mass is 377 g/mol. The third kappa shape index (κ3) is 4.29. The van der Waals surface area contributed by atoms with Gasteiger partial charge < -0.3 is 19.7 Å². The van der Waals surface area contributed by atoms with E-state index in [9.17, 15) is 0 Å². The van der Waals surface area contributed by atoms with Gasteiger partial charge in [-0.3, -0.25) is 0 Å². The second-order valence-corrected chi connectivity index (χ2v) is 6.75. The smallest absolute Gasteiger partial charge is 0.205 e. The quantitative estimate of drug-likeness (QED) is 0.593. The van der Waals surface area contributed by atoms with Gasteiger partial charge in [0.15, 0.2) is 11.8 Å². The molecule has 1 saturated heterocycles. The van der Waals surface area contributed by atoms with Crippen molar-refractivity contribution in [2.45, 2.75) is 40.3 Å². The molecule has 0 spiro atoms. The van der Waals surface area contributed by atoms with Crippen LogP contribution in [-0.4, -0.2) is 67.7 Å². The minimum absolute atomic E-state index is 0.534. The summed E-state index contributed by atoms with van der Waals surface area (Å²) in [6.07, 6.45) is 2.64. The summed E-state index contributed by atoms with van der Waals surface area (Å²) < 4.78 is 6.41. The lowest BCUT2D eigenvalue weighted by molar-refractivity contribution is 0.372. The van der Waals surface area contributed by atoms with E-state index >= 15 is 0 Å². The van der Waals surface area contributed by atoms with Crippen molar-refractivity contribution in [3.05, 3.63) is 18.0 Å². The van der Waals surface area contributed by atoms with Gasteiger partial charge in [0.05, 0.1) is 0 Å². The first kappa shape index (κ1) is 18.6. The minimum atomic E-state index is 0.534. The Balaban J connectivity index is 1.61. The molecule has 0 amide bonds. The van der Waals surface area contributed by atoms with Gasteiger partial charge in [-0.2, -0.15) is 4.37 Å². The van der Waals surface area contributed by atoms with Crippen LogP contribution >= 0.6 is 11.5 Å². The van der Waals surface area contributed by atoms with E-state index in [1.165, 1.54) is 11.5 Å². The van der Waals surface area contributed by atoms with Crippen molar-refractivity contribution in [3.63, 3.8) is 0 Å². The summed E-state index contributed by atoms with van der Waals surface area (Å²) in [5.41, 5.74) is 0. The van der Waals surface area contributed by atoms with Crippen molar-refractivity contribution in [2.75, 3.05) is 37.6 Å². The molecule has 0 bridgehead atoms. The van der Waals surface area contributed by atoms with Crippen molar-refractivity contribution in [3.8, 4) is 0 Å². The molecule has 0 radical (unpaired) electrons. The van der Waals surface area contributed by atoms with E-state index in [1.54, 1.807) is 6.33 Å². The number of aliphatic imine (C=N–C) groups is 1. The van der Waals surface area contributed by atoms with E-state index in [0.29, 0.717) is 6.54 Å². The molecule has 3 rings (SSSR count). The molecule has 0 unspecified atom stereocenters. The topological polar surface area (TPSA) is 87.4 Å². The maximum atomic E-state index is 4.77. The van der Waals surface area contributed by atoms with E-state index in [2.05, 4.69) is 55.4 Å². The molecule has 9 nitrogen and oxygen atoms in total. The Morgan fingerprint density at radius 1 is 1.23 bits per heavy atom. The number of piperazine rings is 1. The number of nitrogens with zero attached hydrogens (tertiary/aromatic N) is 8. The van der Waals surface area contributed by atoms with Crippen LogP contribution in [0, 0.1) is 0 Å². The highest BCUT2D eigenvalue weighted by Gasteiger charge is 2.22. The van der Waals surface area contributed by atoms with Crippen LogP contribution in [0.1, 0.15) is 32.4 Å². The lowest BCUT2D eigenvalue weighted by atomic mass is 10.3. The number of aromatic nitrogens is 5. The molecule has 1 aliphatic rings. The Kier molecular flexibility index (Phi) is 6.37. The van der Waals surface area contributed by atoms with Gasteiger partial charge in [0.25, 0.3) is 0 Å². The molecule has 3 heterocycles. The summed E-state index contributed by atoms with van der Waals surface area (Å²) in [5.74, 6) is 2.76. The zero-order valence-corrected chi connectivity index (χ0v) is 16.5. The third-order valence-electron chi connectivity index (χ3n) is 4.36. The SMILES string of the molecule is CCNC(=NCc1nncn1CC)N1CCN(c2nc(CC)ns2)CC1. The molecule has 1 fully saturated rings. The Labute approximate surface area is 158 Å². The van der Waals surface area contributed by atoms with Crippen LogP contribution < -0.4 is 10.2 Å². The van der Waals surface area contributed by atoms with Crippen molar-refractivity contribution >= 4 is 22.6 Å². The van der Waals surface area contributed by atoms with E-state index in [4.69, 9.17) is 4.99 Å². The zero-order valence-electron chi connectivity index (χ0n) is 15.7. The molecule has 26 heavy (non-hydrogen) atoms. The number of nitrogens with one attached hydrogen (secondary N) is 1. The standard InChI is InChI=1S/C16H27N9S/c1-4-13-20-16(26-22-13)25-9-7-24(8-10-25)15(17-5-2)18-11-14-21-19-12-23(14)6-3/h12H,4-11H2,1-3H3,(H,17,18). The average molecular weight is 378 g/mol. The molecule has 0 aliphatic carbocycles. The van der Waals surface area contributed by atoms with E-state index in [0.717, 1.165) is 68.4 Å². The van der Waals surface area contributed by atoms with Crippen LogP contribution in [0.15, 0.2) is 11.3 Å². The first-order valence-corrected chi connectivity index (χ1v) is 9.99. The fraction of sp³-hybridized carbons (Fsp3) is 0.688. The number of hydrogen-bond donors (Lipinski definition) is 1. The van der Waals surface area contributed by atoms with Gasteiger partial charge in [-0.15, -0.1) is 10.2 Å². The first-order valence-electron chi connectivity index (χ1n) is 9.22. The number of guanidine groups is 1. The van der Waals surface area contributed by atoms with Gasteiger partial charge in [-0.25, -0.2) is 9.98 Å². The van der Waals surface area contributed by atoms with Gasteiger partial charge >= 0.3 is 0 Å². The van der Waals surface area contributed by atoms with E-state index in [-0.39, 0.29) is 0 Å². The fourth-order valence-electron chi connectivity index (χ4n) is 2.86. The molecule has 0 aromatic carbocycles. The molecule has 10 heteroatoms. The maximum absolute atomic E-state index is 4.77. The van der Waals surface area contributed by atoms with E-state index in [1.807, 2.05) is 4.57 Å². The van der Waals surface area contributed by atoms with E-state index < -0.39 is 0 Å². The van der Waals surface area contributed by atoms with Crippen LogP contribution in [0.25, 0.3) is 0 Å². The number of aryl methyl sites for hydroxylation is 2. The summed E-state index contributed by atoms with van der Waals surface area (Å²) in [4.78, 5) is 14.0. The zero-order chi connectivity index (χ0) is 18.4. The van der Waals surface area contributed by atoms with Crippen molar-refractivity contribution in [1.82, 2.24) is 34.3 Å². The third-order valence-corrected chi connectivity index (χ3v) is 5.18. The highest BCUT2D eigenvalue weighted by atomic mass is 32.1. The van der Waals surface area contributed by atoms with Crippen LogP contribution in [0.4, 0.5) is 5.13 Å². The van der Waals surface area contributed by atoms with Gasteiger partial charge in [0.2, 0.25) is 5.13 Å². The molecule has 0 saturated carbocycles. The van der Waals surface area contributed by atoms with Gasteiger partial charge in [-0.05, 0) is 13.8 Å². The second-order valence-electron chi connectivity index (χ2n) is 6.02. The van der Waals surface area contributed by atoms with Crippen LogP contribution in [0.5, 0.6) is 0 Å². The predicted octanol–water partition coefficient (Wildman–Crippen LogP) is 1.000. The summed E-state index contributed by atoms with van der Waals surface area (Å²) in [5, 5.41) is 12.6. The van der Waals surface area contributed by atoms with Crippen LogP contribution in [0.2, 0.25) is 0 Å². The molecule has 1 N–H and O–H groups in total. The molecule has 2 aromatic rings. The summed E-state index contributed by atoms with van der Waals surface area (Å²) in [7, 11) is 0. The van der Waals surface area contributed by atoms with Crippen LogP contribution in [-0.2, 0) is 19.5 Å². The molecular formula is C16H27N9S. The second kappa shape index (κ2) is 8.93. The van der Waals surface area contributed by atoms with Gasteiger partial charge in [-0.1, -0.05) is 6.92 Å². The van der Waals surface area contributed by atoms with Crippen molar-refractivity contribution in [2.24, 2.45) is 4.99 Å². The number of anilines is 1. The Morgan fingerprint density at radius 3 is 2.69 bits per heavy atom. The van der Waals surface area contributed by atoms with Gasteiger partial charge in [0.1, 0.15) is 18.7 Å². The first-order chi connectivity index (χ1) is 12.7. The highest BCUT2D eigenvalue weighted by Crippen LogP contribution is 2.19. The summed E-state index contributed by atoms with van der Waals surface area (Å²) in [6.45, 7) is 12.2. The van der Waals surface area contributed by atoms with Crippen LogP contribution in [0.3, 0.4) is 0 Å². The normalized spacial score (nSPS) is 15.6. The minimum Gasteiger partial charge on any atom is -0.357 e. The number of hydrogen-bond acceptors (Lipinski definition) is 7. The van der Waals surface area contributed by atoms with Crippen molar-refractivity contribution in [1.29, 1.82) is 0 Å². The molecule has 0 atom stereocenters. The lowest BCUT2D eigenvalue weighted by Crippen LogP contribution is -2.52. The molecule has 2 aromatic heterocycles. The maximum Gasteiger partial charge on any atom is 0.205 e. The summed E-state index contributed by atoms with van der Waals surface area (Å²) >= 11 is 1.50. The Hall–Kier alpha value is -2.23. The Morgan fingerprint density at radius 2 is 2.04 bits per heavy atom. The van der Waals surface area contributed by atoms with Crippen molar-refractivity contribution < 1.29 is 0 Å². The fourth-order valence-corrected chi connectivity index (χ4v) is 3.66. The average Bonchev–Trinajstić information content (AvgIpc) is 3.34. The molecular weight excluding hydrogens is 350 g/mol. The predicted molar refractivity (Wildman–Crippen MR) is 104 cm³/mol. The lowest BCUT2D eigenvalue weighted by Gasteiger charge is -2.36. The molecule has 142 valence electrons. The molecule has 1 aliphatic heterocycles.